The second-order valence-electron chi connectivity index (χ2n) is 6.09. The van der Waals surface area contributed by atoms with Gasteiger partial charge in [0, 0.05) is 24.3 Å². The Kier molecular flexibility index (Phi) is 5.27. The molecular weight excluding hydrogens is 318 g/mol. The summed E-state index contributed by atoms with van der Waals surface area (Å²) in [5, 5.41) is 3.53. The summed E-state index contributed by atoms with van der Waals surface area (Å²) in [4.78, 5) is 14.0. The predicted octanol–water partition coefficient (Wildman–Crippen LogP) is 3.60. The van der Waals surface area contributed by atoms with Gasteiger partial charge in [-0.3, -0.25) is 10.1 Å². The fraction of sp³-hybridized carbons (Fsp3) is 0.350. The van der Waals surface area contributed by atoms with Crippen molar-refractivity contribution < 1.29 is 9.53 Å². The second kappa shape index (κ2) is 7.41. The summed E-state index contributed by atoms with van der Waals surface area (Å²) in [6.45, 7) is 2.92. The zero-order valence-electron chi connectivity index (χ0n) is 14.2. The Bertz CT molecular complexity index is 704. The van der Waals surface area contributed by atoms with Gasteiger partial charge in [0.25, 0.3) is 0 Å². The van der Waals surface area contributed by atoms with Crippen molar-refractivity contribution in [3.8, 4) is 0 Å². The predicted molar refractivity (Wildman–Crippen MR) is 98.3 cm³/mol. The zero-order valence-corrected chi connectivity index (χ0v) is 15.0. The average Bonchev–Trinajstić information content (AvgIpc) is 3.00. The normalized spacial score (nSPS) is 15.1. The molecular formula is C20H23NO2S. The lowest BCUT2D eigenvalue weighted by Crippen LogP contribution is -2.53. The molecule has 0 saturated carbocycles. The summed E-state index contributed by atoms with van der Waals surface area (Å²) >= 11 is 1.73. The summed E-state index contributed by atoms with van der Waals surface area (Å²) in [6, 6.07) is 16.6. The van der Waals surface area contributed by atoms with Crippen molar-refractivity contribution in [1.29, 1.82) is 0 Å². The van der Waals surface area contributed by atoms with Gasteiger partial charge in [-0.25, -0.2) is 0 Å². The molecule has 2 aromatic carbocycles. The van der Waals surface area contributed by atoms with Gasteiger partial charge in [-0.2, -0.15) is 0 Å². The number of thioether (sulfide) groups is 1. The first kappa shape index (κ1) is 17.1. The van der Waals surface area contributed by atoms with E-state index >= 15 is 0 Å². The Hall–Kier alpha value is -1.78. The number of ether oxygens (including phenoxy) is 1. The van der Waals surface area contributed by atoms with Crippen molar-refractivity contribution in [3.63, 3.8) is 0 Å². The van der Waals surface area contributed by atoms with E-state index in [1.165, 1.54) is 21.6 Å². The van der Waals surface area contributed by atoms with Crippen LogP contribution in [0.5, 0.6) is 0 Å². The van der Waals surface area contributed by atoms with E-state index < -0.39 is 5.54 Å². The van der Waals surface area contributed by atoms with Gasteiger partial charge in [0.1, 0.15) is 5.54 Å². The molecule has 24 heavy (non-hydrogen) atoms. The van der Waals surface area contributed by atoms with Crippen molar-refractivity contribution in [2.45, 2.75) is 36.7 Å². The largest absolute Gasteiger partial charge is 0.465 e. The lowest BCUT2D eigenvalue weighted by Gasteiger charge is -2.28. The van der Waals surface area contributed by atoms with Crippen LogP contribution in [-0.4, -0.2) is 24.4 Å². The second-order valence-corrected chi connectivity index (χ2v) is 6.94. The number of esters is 1. The van der Waals surface area contributed by atoms with Gasteiger partial charge in [-0.05, 0) is 35.9 Å². The van der Waals surface area contributed by atoms with Crippen molar-refractivity contribution in [1.82, 2.24) is 5.32 Å². The summed E-state index contributed by atoms with van der Waals surface area (Å²) in [7, 11) is 0. The van der Waals surface area contributed by atoms with E-state index in [0.717, 1.165) is 0 Å². The molecule has 3 rings (SSSR count). The Morgan fingerprint density at radius 2 is 1.75 bits per heavy atom. The fourth-order valence-corrected chi connectivity index (χ4v) is 3.96. The first-order valence-corrected chi connectivity index (χ1v) is 9.52. The van der Waals surface area contributed by atoms with Crippen LogP contribution in [0.4, 0.5) is 0 Å². The highest BCUT2D eigenvalue weighted by Crippen LogP contribution is 2.32. The summed E-state index contributed by atoms with van der Waals surface area (Å²) in [5.41, 5.74) is 3.02. The Balaban J connectivity index is 1.83. The maximum absolute atomic E-state index is 12.7. The van der Waals surface area contributed by atoms with Gasteiger partial charge >= 0.3 is 5.97 Å². The molecule has 0 aliphatic heterocycles. The number of carbonyl (C=O) groups excluding carboxylic acids is 1. The smallest absolute Gasteiger partial charge is 0.327 e. The molecule has 1 aliphatic carbocycles. The zero-order chi connectivity index (χ0) is 17.0. The van der Waals surface area contributed by atoms with Crippen molar-refractivity contribution in [3.05, 3.63) is 65.2 Å². The summed E-state index contributed by atoms with van der Waals surface area (Å²) in [5.74, 6) is -0.150. The average molecular weight is 341 g/mol. The molecule has 0 heterocycles. The van der Waals surface area contributed by atoms with Crippen LogP contribution in [0, 0.1) is 0 Å². The van der Waals surface area contributed by atoms with Gasteiger partial charge < -0.3 is 4.74 Å². The van der Waals surface area contributed by atoms with E-state index in [4.69, 9.17) is 4.74 Å². The van der Waals surface area contributed by atoms with Crippen molar-refractivity contribution in [2.75, 3.05) is 12.9 Å². The molecule has 126 valence electrons. The Labute approximate surface area is 147 Å². The Morgan fingerprint density at radius 3 is 2.38 bits per heavy atom. The van der Waals surface area contributed by atoms with E-state index in [1.807, 2.05) is 31.2 Å². The van der Waals surface area contributed by atoms with E-state index in [9.17, 15) is 4.79 Å². The highest BCUT2D eigenvalue weighted by Gasteiger charge is 2.44. The summed E-state index contributed by atoms with van der Waals surface area (Å²) < 4.78 is 5.40. The third kappa shape index (κ3) is 3.35. The molecule has 0 atom stereocenters. The Morgan fingerprint density at radius 1 is 1.12 bits per heavy atom. The molecule has 1 N–H and O–H groups in total. The van der Waals surface area contributed by atoms with Gasteiger partial charge in [-0.1, -0.05) is 42.5 Å². The topological polar surface area (TPSA) is 38.3 Å². The maximum Gasteiger partial charge on any atom is 0.327 e. The van der Waals surface area contributed by atoms with E-state index in [0.29, 0.717) is 26.0 Å². The fourth-order valence-electron chi connectivity index (χ4n) is 3.34. The molecule has 0 radical (unpaired) electrons. The molecule has 2 aromatic rings. The van der Waals surface area contributed by atoms with Crippen LogP contribution < -0.4 is 5.32 Å². The lowest BCUT2D eigenvalue weighted by molar-refractivity contribution is -0.151. The van der Waals surface area contributed by atoms with Crippen molar-refractivity contribution in [2.24, 2.45) is 0 Å². The van der Waals surface area contributed by atoms with Crippen LogP contribution >= 0.6 is 11.8 Å². The molecule has 1 aliphatic rings. The van der Waals surface area contributed by atoms with Crippen molar-refractivity contribution >= 4 is 17.7 Å². The molecule has 4 heteroatoms. The molecule has 0 aromatic heterocycles. The third-order valence-corrected chi connectivity index (χ3v) is 5.42. The molecule has 0 fully saturated rings. The molecule has 0 amide bonds. The number of hydrogen-bond acceptors (Lipinski definition) is 4. The molecule has 0 unspecified atom stereocenters. The van der Waals surface area contributed by atoms with Crippen LogP contribution in [0.25, 0.3) is 0 Å². The van der Waals surface area contributed by atoms with Gasteiger partial charge in [-0.15, -0.1) is 11.8 Å². The number of carbonyl (C=O) groups is 1. The number of benzene rings is 2. The van der Waals surface area contributed by atoms with E-state index in [2.05, 4.69) is 35.8 Å². The first-order chi connectivity index (χ1) is 11.7. The molecule has 0 saturated heterocycles. The molecule has 0 spiro atoms. The SMILES string of the molecule is CCOC(=O)C1(NCc2ccccc2SC)Cc2ccccc2C1. The number of rotatable bonds is 6. The van der Waals surface area contributed by atoms with E-state index in [-0.39, 0.29) is 5.97 Å². The summed E-state index contributed by atoms with van der Waals surface area (Å²) in [6.07, 6.45) is 3.44. The van der Waals surface area contributed by atoms with Crippen LogP contribution in [0.3, 0.4) is 0 Å². The first-order valence-electron chi connectivity index (χ1n) is 8.29. The van der Waals surface area contributed by atoms with Gasteiger partial charge in [0.15, 0.2) is 0 Å². The van der Waals surface area contributed by atoms with Crippen LogP contribution in [0.15, 0.2) is 53.4 Å². The van der Waals surface area contributed by atoms with Crippen LogP contribution in [0.2, 0.25) is 0 Å². The van der Waals surface area contributed by atoms with Crippen LogP contribution in [0.1, 0.15) is 23.6 Å². The minimum Gasteiger partial charge on any atom is -0.465 e. The third-order valence-electron chi connectivity index (χ3n) is 4.58. The highest BCUT2D eigenvalue weighted by molar-refractivity contribution is 7.98. The standard InChI is InChI=1S/C20H23NO2S/c1-3-23-19(22)20(12-15-8-4-5-9-16(15)13-20)21-14-17-10-6-7-11-18(17)24-2/h4-11,21H,3,12-14H2,1-2H3. The van der Waals surface area contributed by atoms with Crippen LogP contribution in [-0.2, 0) is 28.9 Å². The maximum atomic E-state index is 12.7. The number of hydrogen-bond donors (Lipinski definition) is 1. The minimum atomic E-state index is -0.661. The highest BCUT2D eigenvalue weighted by atomic mass is 32.2. The van der Waals surface area contributed by atoms with Gasteiger partial charge in [0.05, 0.1) is 6.61 Å². The monoisotopic (exact) mass is 341 g/mol. The minimum absolute atomic E-state index is 0.150. The number of fused-ring (bicyclic) bond motifs is 1. The molecule has 0 bridgehead atoms. The lowest BCUT2D eigenvalue weighted by atomic mass is 9.95. The number of nitrogens with one attached hydrogen (secondary N) is 1. The van der Waals surface area contributed by atoms with E-state index in [1.54, 1.807) is 11.8 Å². The quantitative estimate of drug-likeness (QED) is 0.644. The van der Waals surface area contributed by atoms with Gasteiger partial charge in [0.2, 0.25) is 0 Å². The molecule has 3 nitrogen and oxygen atoms in total.